The van der Waals surface area contributed by atoms with Crippen LogP contribution in [-0.4, -0.2) is 72.5 Å². The van der Waals surface area contributed by atoms with Crippen molar-refractivity contribution < 1.29 is 9.59 Å². The van der Waals surface area contributed by atoms with Crippen molar-refractivity contribution in [3.05, 3.63) is 39.9 Å². The van der Waals surface area contributed by atoms with E-state index in [-0.39, 0.29) is 11.9 Å². The molecule has 1 saturated heterocycles. The first-order chi connectivity index (χ1) is 17.2. The fourth-order valence-electron chi connectivity index (χ4n) is 5.89. The summed E-state index contributed by atoms with van der Waals surface area (Å²) in [5.74, 6) is 1.69. The molecule has 2 atom stereocenters. The first-order valence-electron chi connectivity index (χ1n) is 13.4. The summed E-state index contributed by atoms with van der Waals surface area (Å²) in [7, 11) is 0. The maximum atomic E-state index is 13.1. The smallest absolute Gasteiger partial charge is 0.321 e. The Bertz CT molecular complexity index is 988. The lowest BCUT2D eigenvalue weighted by molar-refractivity contribution is -0.131. The minimum absolute atomic E-state index is 0.166. The van der Waals surface area contributed by atoms with Crippen molar-refractivity contribution in [3.8, 4) is 0 Å². The highest BCUT2D eigenvalue weighted by molar-refractivity contribution is 6.43. The van der Waals surface area contributed by atoms with E-state index in [9.17, 15) is 9.59 Å². The molecule has 0 aromatic heterocycles. The molecule has 1 aromatic carbocycles. The second-order valence-electron chi connectivity index (χ2n) is 11.1. The second kappa shape index (κ2) is 11.7. The van der Waals surface area contributed by atoms with E-state index in [1.807, 2.05) is 0 Å². The highest BCUT2D eigenvalue weighted by Gasteiger charge is 2.51. The maximum Gasteiger partial charge on any atom is 0.321 e. The molecule has 36 heavy (non-hydrogen) atoms. The van der Waals surface area contributed by atoms with Crippen molar-refractivity contribution in [3.63, 3.8) is 0 Å². The van der Waals surface area contributed by atoms with Crippen LogP contribution in [0.1, 0.15) is 52.9 Å². The van der Waals surface area contributed by atoms with E-state index < -0.39 is 0 Å². The standard InChI is InChI=1S/C28H40Cl2N4O2/c1-4-5-9-25(35)34(19-20-10-11-21-18-22(20)28(21,2)3)17-14-32-12-15-33(16-13-32)27(36)31-24-8-6-7-23(29)26(24)30/h6-8,10,21-22H,4-5,9,11-19H2,1-3H3,(H,31,36). The molecule has 1 N–H and O–H groups in total. The Kier molecular flexibility index (Phi) is 8.90. The van der Waals surface area contributed by atoms with E-state index in [2.05, 4.69) is 42.0 Å². The zero-order chi connectivity index (χ0) is 25.9. The van der Waals surface area contributed by atoms with Gasteiger partial charge in [-0.2, -0.15) is 0 Å². The third-order valence-electron chi connectivity index (χ3n) is 8.59. The number of carbonyl (C=O) groups is 2. The van der Waals surface area contributed by atoms with Crippen LogP contribution in [0.3, 0.4) is 0 Å². The quantitative estimate of drug-likeness (QED) is 0.386. The maximum absolute atomic E-state index is 13.1. The zero-order valence-electron chi connectivity index (χ0n) is 21.9. The SMILES string of the molecule is CCCCC(=O)N(CCN1CCN(C(=O)Nc2cccc(Cl)c2Cl)CC1)CC1=CCC2CC1C2(C)C. The van der Waals surface area contributed by atoms with E-state index in [0.29, 0.717) is 46.6 Å². The molecule has 5 rings (SSSR count). The monoisotopic (exact) mass is 534 g/mol. The van der Waals surface area contributed by atoms with Crippen LogP contribution in [0, 0.1) is 17.3 Å². The molecule has 0 radical (unpaired) electrons. The molecule has 3 aliphatic carbocycles. The van der Waals surface area contributed by atoms with Crippen molar-refractivity contribution in [2.75, 3.05) is 51.1 Å². The summed E-state index contributed by atoms with van der Waals surface area (Å²) >= 11 is 12.3. The Morgan fingerprint density at radius 3 is 2.58 bits per heavy atom. The number of piperazine rings is 1. The molecule has 2 fully saturated rings. The summed E-state index contributed by atoms with van der Waals surface area (Å²) in [5.41, 5.74) is 2.36. The van der Waals surface area contributed by atoms with Gasteiger partial charge in [0, 0.05) is 52.2 Å². The number of hydrogen-bond donors (Lipinski definition) is 1. The zero-order valence-corrected chi connectivity index (χ0v) is 23.4. The molecule has 0 spiro atoms. The van der Waals surface area contributed by atoms with E-state index in [0.717, 1.165) is 57.9 Å². The molecule has 8 heteroatoms. The van der Waals surface area contributed by atoms with Crippen LogP contribution in [0.4, 0.5) is 10.5 Å². The van der Waals surface area contributed by atoms with Crippen LogP contribution in [0.15, 0.2) is 29.8 Å². The molecule has 6 nitrogen and oxygen atoms in total. The van der Waals surface area contributed by atoms with Gasteiger partial charge in [-0.05, 0) is 48.6 Å². The number of unbranched alkanes of at least 4 members (excludes halogenated alkanes) is 1. The number of carbonyl (C=O) groups excluding carboxylic acids is 2. The number of halogens is 2. The molecule has 2 unspecified atom stereocenters. The van der Waals surface area contributed by atoms with Gasteiger partial charge in [0.25, 0.3) is 0 Å². The normalized spacial score (nSPS) is 23.0. The first kappa shape index (κ1) is 27.3. The van der Waals surface area contributed by atoms with Crippen LogP contribution < -0.4 is 5.32 Å². The number of rotatable bonds is 9. The van der Waals surface area contributed by atoms with Gasteiger partial charge in [-0.15, -0.1) is 0 Å². The Hall–Kier alpha value is -1.76. The average Bonchev–Trinajstić information content (AvgIpc) is 2.88. The summed E-state index contributed by atoms with van der Waals surface area (Å²) in [5, 5.41) is 3.65. The molecule has 198 valence electrons. The van der Waals surface area contributed by atoms with Crippen molar-refractivity contribution in [1.29, 1.82) is 0 Å². The predicted octanol–water partition coefficient (Wildman–Crippen LogP) is 6.15. The Balaban J connectivity index is 1.28. The number of nitrogens with one attached hydrogen (secondary N) is 1. The number of nitrogens with zero attached hydrogens (tertiary/aromatic N) is 3. The van der Waals surface area contributed by atoms with Gasteiger partial charge in [0.15, 0.2) is 0 Å². The highest BCUT2D eigenvalue weighted by Crippen LogP contribution is 2.59. The largest absolute Gasteiger partial charge is 0.337 e. The third-order valence-corrected chi connectivity index (χ3v) is 9.41. The van der Waals surface area contributed by atoms with Gasteiger partial charge >= 0.3 is 6.03 Å². The van der Waals surface area contributed by atoms with Crippen LogP contribution in [0.2, 0.25) is 10.0 Å². The fraction of sp³-hybridized carbons (Fsp3) is 0.643. The fourth-order valence-corrected chi connectivity index (χ4v) is 6.23. The molecule has 4 aliphatic rings. The van der Waals surface area contributed by atoms with Gasteiger partial charge in [0.1, 0.15) is 0 Å². The Morgan fingerprint density at radius 1 is 1.17 bits per heavy atom. The van der Waals surface area contributed by atoms with Crippen LogP contribution in [0.25, 0.3) is 0 Å². The Labute approximate surface area is 226 Å². The van der Waals surface area contributed by atoms with Gasteiger partial charge < -0.3 is 15.1 Å². The molecule has 1 aromatic rings. The topological polar surface area (TPSA) is 55.9 Å². The number of urea groups is 1. The molecule has 2 bridgehead atoms. The lowest BCUT2D eigenvalue weighted by atomic mass is 9.49. The molecule has 1 aliphatic heterocycles. The molecule has 3 amide bonds. The van der Waals surface area contributed by atoms with Crippen molar-refractivity contribution >= 4 is 40.8 Å². The highest BCUT2D eigenvalue weighted by atomic mass is 35.5. The number of fused-ring (bicyclic) bond motifs is 1. The van der Waals surface area contributed by atoms with Crippen LogP contribution in [-0.2, 0) is 4.79 Å². The molecule has 1 heterocycles. The predicted molar refractivity (Wildman–Crippen MR) is 148 cm³/mol. The second-order valence-corrected chi connectivity index (χ2v) is 11.9. The number of benzene rings is 1. The molecular weight excluding hydrogens is 495 g/mol. The summed E-state index contributed by atoms with van der Waals surface area (Å²) < 4.78 is 0. The summed E-state index contributed by atoms with van der Waals surface area (Å²) in [6, 6.07) is 5.05. The van der Waals surface area contributed by atoms with Gasteiger partial charge in [0.05, 0.1) is 15.7 Å². The van der Waals surface area contributed by atoms with Crippen LogP contribution >= 0.6 is 23.2 Å². The third kappa shape index (κ3) is 6.03. The van der Waals surface area contributed by atoms with Crippen molar-refractivity contribution in [2.45, 2.75) is 52.9 Å². The summed E-state index contributed by atoms with van der Waals surface area (Å²) in [4.78, 5) is 32.1. The minimum atomic E-state index is -0.166. The van der Waals surface area contributed by atoms with E-state index in [1.165, 1.54) is 12.0 Å². The Morgan fingerprint density at radius 2 is 1.92 bits per heavy atom. The van der Waals surface area contributed by atoms with Gasteiger partial charge in [-0.3, -0.25) is 9.69 Å². The number of amides is 3. The number of allylic oxidation sites excluding steroid dienone is 1. The van der Waals surface area contributed by atoms with Crippen molar-refractivity contribution in [2.24, 2.45) is 17.3 Å². The van der Waals surface area contributed by atoms with E-state index in [4.69, 9.17) is 23.2 Å². The summed E-state index contributed by atoms with van der Waals surface area (Å²) in [6.45, 7) is 12.1. The van der Waals surface area contributed by atoms with Gasteiger partial charge in [-0.25, -0.2) is 4.79 Å². The summed E-state index contributed by atoms with van der Waals surface area (Å²) in [6.07, 6.45) is 7.44. The lowest BCUT2D eigenvalue weighted by Gasteiger charge is -2.57. The van der Waals surface area contributed by atoms with Gasteiger partial charge in [0.2, 0.25) is 5.91 Å². The molecule has 1 saturated carbocycles. The molecular formula is C28H40Cl2N4O2. The van der Waals surface area contributed by atoms with E-state index in [1.54, 1.807) is 23.1 Å². The minimum Gasteiger partial charge on any atom is -0.337 e. The first-order valence-corrected chi connectivity index (χ1v) is 14.1. The van der Waals surface area contributed by atoms with Gasteiger partial charge in [-0.1, -0.05) is 68.1 Å². The average molecular weight is 536 g/mol. The lowest BCUT2D eigenvalue weighted by Crippen LogP contribution is -2.52. The number of hydrogen-bond acceptors (Lipinski definition) is 3. The van der Waals surface area contributed by atoms with Crippen molar-refractivity contribution in [1.82, 2.24) is 14.7 Å². The van der Waals surface area contributed by atoms with E-state index >= 15 is 0 Å². The van der Waals surface area contributed by atoms with Crippen LogP contribution in [0.5, 0.6) is 0 Å². The number of anilines is 1.